The number of carbonyl (C=O) groups is 1. The standard InChI is InChI=1S/C28H24N6O/c35-27(32-26-14-13-20-7-4-5-12-25(20)26)21-8-6-11-24(17-21)34-19-22(18-30-34)31-28-29-15-16-33(28)23-9-2-1-3-10-23/h1-12,15-19,26H,13-14H2,(H,29,31)(H,32,35). The van der Waals surface area contributed by atoms with Crippen molar-refractivity contribution >= 4 is 17.5 Å². The first-order valence-corrected chi connectivity index (χ1v) is 11.6. The average molecular weight is 461 g/mol. The number of nitrogens with zero attached hydrogens (tertiary/aromatic N) is 4. The van der Waals surface area contributed by atoms with Gasteiger partial charge in [0.25, 0.3) is 5.91 Å². The van der Waals surface area contributed by atoms with Crippen LogP contribution >= 0.6 is 0 Å². The van der Waals surface area contributed by atoms with E-state index in [1.807, 2.05) is 77.6 Å². The molecule has 2 N–H and O–H groups in total. The van der Waals surface area contributed by atoms with Gasteiger partial charge < -0.3 is 10.6 Å². The second-order valence-corrected chi connectivity index (χ2v) is 8.57. The number of anilines is 2. The number of amides is 1. The zero-order valence-electron chi connectivity index (χ0n) is 19.0. The molecule has 7 nitrogen and oxygen atoms in total. The molecule has 0 bridgehead atoms. The van der Waals surface area contributed by atoms with Gasteiger partial charge in [-0.25, -0.2) is 9.67 Å². The van der Waals surface area contributed by atoms with E-state index in [4.69, 9.17) is 0 Å². The highest BCUT2D eigenvalue weighted by Gasteiger charge is 2.24. The molecule has 35 heavy (non-hydrogen) atoms. The summed E-state index contributed by atoms with van der Waals surface area (Å²) in [5, 5.41) is 11.0. The zero-order valence-corrected chi connectivity index (χ0v) is 19.0. The van der Waals surface area contributed by atoms with E-state index in [0.29, 0.717) is 11.5 Å². The predicted molar refractivity (Wildman–Crippen MR) is 135 cm³/mol. The highest BCUT2D eigenvalue weighted by atomic mass is 16.1. The van der Waals surface area contributed by atoms with Crippen molar-refractivity contribution in [3.63, 3.8) is 0 Å². The van der Waals surface area contributed by atoms with Gasteiger partial charge in [0, 0.05) is 23.6 Å². The van der Waals surface area contributed by atoms with Crippen LogP contribution in [0.25, 0.3) is 11.4 Å². The molecular formula is C28H24N6O. The van der Waals surface area contributed by atoms with Gasteiger partial charge in [-0.1, -0.05) is 48.5 Å². The molecule has 0 radical (unpaired) electrons. The lowest BCUT2D eigenvalue weighted by atomic mass is 10.1. The SMILES string of the molecule is O=C(NC1CCc2ccccc21)c1cccc(-n2cc(Nc3nccn3-c3ccccc3)cn2)c1. The van der Waals surface area contributed by atoms with Crippen LogP contribution in [0, 0.1) is 0 Å². The number of nitrogens with one attached hydrogen (secondary N) is 2. The Morgan fingerprint density at radius 1 is 0.943 bits per heavy atom. The third kappa shape index (κ3) is 4.19. The van der Waals surface area contributed by atoms with E-state index in [9.17, 15) is 4.79 Å². The van der Waals surface area contributed by atoms with Gasteiger partial charge in [0.15, 0.2) is 0 Å². The van der Waals surface area contributed by atoms with Crippen LogP contribution in [0.3, 0.4) is 0 Å². The maximum absolute atomic E-state index is 13.0. The van der Waals surface area contributed by atoms with Crippen molar-refractivity contribution in [1.29, 1.82) is 0 Å². The first kappa shape index (κ1) is 20.9. The molecule has 1 amide bonds. The maximum atomic E-state index is 13.0. The van der Waals surface area contributed by atoms with Gasteiger partial charge in [0.1, 0.15) is 0 Å². The Bertz CT molecular complexity index is 1490. The second kappa shape index (κ2) is 8.95. The van der Waals surface area contributed by atoms with Crippen LogP contribution in [0.5, 0.6) is 0 Å². The Hall–Kier alpha value is -4.65. The van der Waals surface area contributed by atoms with Gasteiger partial charge >= 0.3 is 0 Å². The van der Waals surface area contributed by atoms with E-state index in [1.54, 1.807) is 17.1 Å². The van der Waals surface area contributed by atoms with Crippen molar-refractivity contribution in [3.05, 3.63) is 120 Å². The quantitative estimate of drug-likeness (QED) is 0.364. The number of fused-ring (bicyclic) bond motifs is 1. The Labute approximate surface area is 203 Å². The number of hydrogen-bond donors (Lipinski definition) is 2. The molecule has 0 saturated carbocycles. The molecule has 1 unspecified atom stereocenters. The second-order valence-electron chi connectivity index (χ2n) is 8.57. The van der Waals surface area contributed by atoms with Crippen molar-refractivity contribution in [3.8, 4) is 11.4 Å². The lowest BCUT2D eigenvalue weighted by molar-refractivity contribution is 0.0936. The van der Waals surface area contributed by atoms with Crippen LogP contribution in [-0.2, 0) is 6.42 Å². The number of carbonyl (C=O) groups excluding carboxylic acids is 1. The normalized spacial score (nSPS) is 14.5. The van der Waals surface area contributed by atoms with Gasteiger partial charge in [-0.05, 0) is 54.3 Å². The molecule has 2 heterocycles. The minimum Gasteiger partial charge on any atom is -0.345 e. The van der Waals surface area contributed by atoms with Crippen LogP contribution in [-0.4, -0.2) is 25.2 Å². The molecule has 0 spiro atoms. The summed E-state index contributed by atoms with van der Waals surface area (Å²) in [6, 6.07) is 25.9. The van der Waals surface area contributed by atoms with E-state index in [2.05, 4.69) is 38.9 Å². The highest BCUT2D eigenvalue weighted by molar-refractivity contribution is 5.95. The van der Waals surface area contributed by atoms with Crippen molar-refractivity contribution in [2.75, 3.05) is 5.32 Å². The molecule has 1 aliphatic rings. The Kier molecular flexibility index (Phi) is 5.35. The molecule has 5 aromatic rings. The molecule has 3 aromatic carbocycles. The Morgan fingerprint density at radius 2 is 1.77 bits per heavy atom. The molecule has 1 aliphatic carbocycles. The minimum absolute atomic E-state index is 0.0521. The zero-order chi connectivity index (χ0) is 23.6. The molecule has 172 valence electrons. The average Bonchev–Trinajstić information content (AvgIpc) is 3.66. The lowest BCUT2D eigenvalue weighted by Crippen LogP contribution is -2.27. The summed E-state index contributed by atoms with van der Waals surface area (Å²) < 4.78 is 3.73. The van der Waals surface area contributed by atoms with Gasteiger partial charge in [0.2, 0.25) is 5.95 Å². The topological polar surface area (TPSA) is 76.8 Å². The molecule has 1 atom stereocenters. The third-order valence-corrected chi connectivity index (χ3v) is 6.32. The number of hydrogen-bond acceptors (Lipinski definition) is 4. The van der Waals surface area contributed by atoms with Crippen LogP contribution in [0.15, 0.2) is 104 Å². The number of para-hydroxylation sites is 1. The van der Waals surface area contributed by atoms with Crippen molar-refractivity contribution in [2.45, 2.75) is 18.9 Å². The summed E-state index contributed by atoms with van der Waals surface area (Å²) in [6.07, 6.45) is 9.21. The first-order chi connectivity index (χ1) is 17.2. The van der Waals surface area contributed by atoms with Crippen molar-refractivity contribution < 1.29 is 4.79 Å². The van der Waals surface area contributed by atoms with E-state index >= 15 is 0 Å². The fourth-order valence-corrected chi connectivity index (χ4v) is 4.59. The van der Waals surface area contributed by atoms with Gasteiger partial charge in [-0.15, -0.1) is 0 Å². The van der Waals surface area contributed by atoms with Gasteiger partial charge in [-0.3, -0.25) is 9.36 Å². The maximum Gasteiger partial charge on any atom is 0.251 e. The smallest absolute Gasteiger partial charge is 0.251 e. The van der Waals surface area contributed by atoms with E-state index in [0.717, 1.165) is 29.9 Å². The predicted octanol–water partition coefficient (Wildman–Crippen LogP) is 5.22. The number of aryl methyl sites for hydroxylation is 1. The highest BCUT2D eigenvalue weighted by Crippen LogP contribution is 2.31. The van der Waals surface area contributed by atoms with Gasteiger partial charge in [-0.2, -0.15) is 5.10 Å². The van der Waals surface area contributed by atoms with Crippen LogP contribution in [0.2, 0.25) is 0 Å². The third-order valence-electron chi connectivity index (χ3n) is 6.32. The molecule has 0 fully saturated rings. The summed E-state index contributed by atoms with van der Waals surface area (Å²) in [4.78, 5) is 17.5. The van der Waals surface area contributed by atoms with Crippen molar-refractivity contribution in [1.82, 2.24) is 24.6 Å². The summed E-state index contributed by atoms with van der Waals surface area (Å²) in [6.45, 7) is 0. The van der Waals surface area contributed by atoms with E-state index in [-0.39, 0.29) is 11.9 Å². The van der Waals surface area contributed by atoms with Crippen LogP contribution in [0.1, 0.15) is 33.9 Å². The van der Waals surface area contributed by atoms with Gasteiger partial charge in [0.05, 0.1) is 29.8 Å². The minimum atomic E-state index is -0.0797. The summed E-state index contributed by atoms with van der Waals surface area (Å²) in [5.41, 5.74) is 5.76. The van der Waals surface area contributed by atoms with Crippen LogP contribution < -0.4 is 10.6 Å². The fraction of sp³-hybridized carbons (Fsp3) is 0.107. The molecule has 0 saturated heterocycles. The fourth-order valence-electron chi connectivity index (χ4n) is 4.59. The van der Waals surface area contributed by atoms with Crippen LogP contribution in [0.4, 0.5) is 11.6 Å². The number of rotatable bonds is 6. The largest absolute Gasteiger partial charge is 0.345 e. The Morgan fingerprint density at radius 3 is 2.69 bits per heavy atom. The summed E-state index contributed by atoms with van der Waals surface area (Å²) in [7, 11) is 0. The summed E-state index contributed by atoms with van der Waals surface area (Å²) >= 11 is 0. The molecular weight excluding hydrogens is 436 g/mol. The Balaban J connectivity index is 1.18. The van der Waals surface area contributed by atoms with E-state index < -0.39 is 0 Å². The number of aromatic nitrogens is 4. The van der Waals surface area contributed by atoms with E-state index in [1.165, 1.54) is 11.1 Å². The summed E-state index contributed by atoms with van der Waals surface area (Å²) in [5.74, 6) is 0.615. The first-order valence-electron chi connectivity index (χ1n) is 11.6. The monoisotopic (exact) mass is 460 g/mol. The lowest BCUT2D eigenvalue weighted by Gasteiger charge is -2.14. The molecule has 2 aromatic heterocycles. The number of benzene rings is 3. The number of imidazole rings is 1. The molecule has 0 aliphatic heterocycles. The molecule has 7 heteroatoms. The van der Waals surface area contributed by atoms with Crippen molar-refractivity contribution in [2.24, 2.45) is 0 Å². The molecule has 6 rings (SSSR count).